The summed E-state index contributed by atoms with van der Waals surface area (Å²) in [6.45, 7) is 2.76. The Morgan fingerprint density at radius 1 is 1.00 bits per heavy atom. The van der Waals surface area contributed by atoms with Crippen molar-refractivity contribution in [2.24, 2.45) is 0 Å². The van der Waals surface area contributed by atoms with Crippen LogP contribution in [0.4, 0.5) is 5.69 Å². The number of carbonyl (C=O) groups excluding carboxylic acids is 2. The summed E-state index contributed by atoms with van der Waals surface area (Å²) in [5.74, 6) is -0.534. The van der Waals surface area contributed by atoms with Crippen LogP contribution in [0.2, 0.25) is 0 Å². The van der Waals surface area contributed by atoms with Crippen molar-refractivity contribution in [1.29, 1.82) is 0 Å². The normalized spacial score (nSPS) is 14.2. The van der Waals surface area contributed by atoms with E-state index in [1.54, 1.807) is 6.07 Å². The van der Waals surface area contributed by atoms with Gasteiger partial charge in [0.25, 0.3) is 5.91 Å². The third-order valence-corrected chi connectivity index (χ3v) is 7.09. The van der Waals surface area contributed by atoms with E-state index in [1.165, 1.54) is 26.2 Å². The number of anilines is 1. The molecule has 0 saturated carbocycles. The van der Waals surface area contributed by atoms with Crippen molar-refractivity contribution >= 4 is 27.5 Å². The first-order valence-electron chi connectivity index (χ1n) is 10.8. The van der Waals surface area contributed by atoms with Crippen LogP contribution in [0.3, 0.4) is 0 Å². The van der Waals surface area contributed by atoms with Crippen LogP contribution in [0.25, 0.3) is 0 Å². The summed E-state index contributed by atoms with van der Waals surface area (Å²) in [6.07, 6.45) is 0.264. The first-order valence-corrected chi connectivity index (χ1v) is 12.2. The van der Waals surface area contributed by atoms with Gasteiger partial charge in [-0.05, 0) is 23.8 Å². The largest absolute Gasteiger partial charge is 0.378 e. The fourth-order valence-electron chi connectivity index (χ4n) is 3.47. The number of benzene rings is 2. The van der Waals surface area contributed by atoms with Crippen LogP contribution < -0.4 is 15.5 Å². The molecule has 2 N–H and O–H groups in total. The van der Waals surface area contributed by atoms with Gasteiger partial charge in [-0.2, -0.15) is 0 Å². The minimum Gasteiger partial charge on any atom is -0.378 e. The van der Waals surface area contributed by atoms with E-state index in [-0.39, 0.29) is 35.9 Å². The average molecular weight is 475 g/mol. The highest BCUT2D eigenvalue weighted by Gasteiger charge is 2.24. The van der Waals surface area contributed by atoms with Gasteiger partial charge in [0.2, 0.25) is 15.9 Å². The molecule has 2 amide bonds. The van der Waals surface area contributed by atoms with Crippen molar-refractivity contribution in [3.63, 3.8) is 0 Å². The highest BCUT2D eigenvalue weighted by molar-refractivity contribution is 7.89. The van der Waals surface area contributed by atoms with Gasteiger partial charge in [0.05, 0.1) is 30.1 Å². The Hall–Kier alpha value is -2.95. The Bertz CT molecular complexity index is 1070. The van der Waals surface area contributed by atoms with Gasteiger partial charge in [-0.1, -0.05) is 30.3 Å². The minimum atomic E-state index is -3.69. The molecule has 0 bridgehead atoms. The van der Waals surface area contributed by atoms with Crippen LogP contribution in [0.1, 0.15) is 15.9 Å². The Labute approximate surface area is 194 Å². The van der Waals surface area contributed by atoms with Crippen molar-refractivity contribution in [2.75, 3.05) is 58.4 Å². The molecular formula is C23H30N4O5S. The van der Waals surface area contributed by atoms with Gasteiger partial charge in [0, 0.05) is 46.0 Å². The quantitative estimate of drug-likeness (QED) is 0.522. The summed E-state index contributed by atoms with van der Waals surface area (Å²) in [5, 5.41) is 5.57. The highest BCUT2D eigenvalue weighted by Crippen LogP contribution is 2.26. The zero-order valence-electron chi connectivity index (χ0n) is 18.9. The van der Waals surface area contributed by atoms with E-state index >= 15 is 0 Å². The van der Waals surface area contributed by atoms with Crippen LogP contribution >= 0.6 is 0 Å². The molecule has 1 fully saturated rings. The summed E-state index contributed by atoms with van der Waals surface area (Å²) >= 11 is 0. The van der Waals surface area contributed by atoms with Gasteiger partial charge in [-0.15, -0.1) is 0 Å². The van der Waals surface area contributed by atoms with E-state index in [9.17, 15) is 18.0 Å². The van der Waals surface area contributed by atoms with Crippen molar-refractivity contribution in [3.8, 4) is 0 Å². The number of sulfonamides is 1. The van der Waals surface area contributed by atoms with Crippen molar-refractivity contribution < 1.29 is 22.7 Å². The first kappa shape index (κ1) is 24.7. The second-order valence-corrected chi connectivity index (χ2v) is 9.99. The number of hydrogen-bond acceptors (Lipinski definition) is 6. The van der Waals surface area contributed by atoms with E-state index in [1.807, 2.05) is 35.2 Å². The molecule has 0 atom stereocenters. The molecular weight excluding hydrogens is 444 g/mol. The maximum atomic E-state index is 13.0. The highest BCUT2D eigenvalue weighted by atomic mass is 32.2. The molecule has 10 heteroatoms. The predicted octanol–water partition coefficient (Wildman–Crippen LogP) is 0.862. The van der Waals surface area contributed by atoms with E-state index in [4.69, 9.17) is 4.74 Å². The predicted molar refractivity (Wildman–Crippen MR) is 126 cm³/mol. The second-order valence-electron chi connectivity index (χ2n) is 7.83. The lowest BCUT2D eigenvalue weighted by Gasteiger charge is -2.30. The second kappa shape index (κ2) is 11.3. The zero-order valence-corrected chi connectivity index (χ0v) is 19.7. The number of nitrogens with zero attached hydrogens (tertiary/aromatic N) is 2. The van der Waals surface area contributed by atoms with Crippen molar-refractivity contribution in [2.45, 2.75) is 11.3 Å². The third-order valence-electron chi connectivity index (χ3n) is 5.28. The maximum Gasteiger partial charge on any atom is 0.253 e. The molecule has 1 aliphatic rings. The summed E-state index contributed by atoms with van der Waals surface area (Å²) in [6, 6.07) is 14.0. The number of carbonyl (C=O) groups is 2. The molecule has 33 heavy (non-hydrogen) atoms. The van der Waals surface area contributed by atoms with Gasteiger partial charge in [0.1, 0.15) is 0 Å². The van der Waals surface area contributed by atoms with E-state index in [0.717, 1.165) is 9.87 Å². The molecule has 0 aromatic heterocycles. The summed E-state index contributed by atoms with van der Waals surface area (Å²) in [5.41, 5.74) is 1.84. The van der Waals surface area contributed by atoms with Gasteiger partial charge < -0.3 is 20.3 Å². The molecule has 1 saturated heterocycles. The monoisotopic (exact) mass is 474 g/mol. The van der Waals surface area contributed by atoms with Crippen LogP contribution in [0.15, 0.2) is 53.4 Å². The van der Waals surface area contributed by atoms with Crippen LogP contribution in [-0.4, -0.2) is 78.0 Å². The standard InChI is InChI=1S/C23H30N4O5S/c1-26(2)33(30,31)19-8-9-21(27-12-14-32-15-13-27)20(17-19)23(29)25-11-10-24-22(28)16-18-6-4-3-5-7-18/h3-9,17H,10-16H2,1-2H3,(H,24,28)(H,25,29). The van der Waals surface area contributed by atoms with Gasteiger partial charge in [-0.3, -0.25) is 9.59 Å². The van der Waals surface area contributed by atoms with Gasteiger partial charge in [-0.25, -0.2) is 12.7 Å². The van der Waals surface area contributed by atoms with E-state index in [0.29, 0.717) is 32.0 Å². The maximum absolute atomic E-state index is 13.0. The van der Waals surface area contributed by atoms with Crippen molar-refractivity contribution in [3.05, 3.63) is 59.7 Å². The SMILES string of the molecule is CN(C)S(=O)(=O)c1ccc(N2CCOCC2)c(C(=O)NCCNC(=O)Cc2ccccc2)c1. The first-order chi connectivity index (χ1) is 15.8. The topological polar surface area (TPSA) is 108 Å². The number of hydrogen-bond donors (Lipinski definition) is 2. The molecule has 3 rings (SSSR count). The Morgan fingerprint density at radius 3 is 2.33 bits per heavy atom. The molecule has 1 aliphatic heterocycles. The van der Waals surface area contributed by atoms with Crippen LogP contribution in [0.5, 0.6) is 0 Å². The number of nitrogens with one attached hydrogen (secondary N) is 2. The van der Waals surface area contributed by atoms with Crippen LogP contribution in [-0.2, 0) is 26.0 Å². The Kier molecular flexibility index (Phi) is 8.43. The van der Waals surface area contributed by atoms with E-state index in [2.05, 4.69) is 10.6 Å². The number of morpholine rings is 1. The lowest BCUT2D eigenvalue weighted by atomic mass is 10.1. The smallest absolute Gasteiger partial charge is 0.253 e. The fraction of sp³-hybridized carbons (Fsp3) is 0.391. The molecule has 2 aromatic carbocycles. The molecule has 0 aliphatic carbocycles. The fourth-order valence-corrected chi connectivity index (χ4v) is 4.39. The number of amides is 2. The average Bonchev–Trinajstić information content (AvgIpc) is 2.82. The zero-order chi connectivity index (χ0) is 23.8. The molecule has 2 aromatic rings. The molecule has 0 unspecified atom stereocenters. The van der Waals surface area contributed by atoms with E-state index < -0.39 is 15.9 Å². The molecule has 9 nitrogen and oxygen atoms in total. The lowest BCUT2D eigenvalue weighted by molar-refractivity contribution is -0.120. The van der Waals surface area contributed by atoms with Crippen molar-refractivity contribution in [1.82, 2.24) is 14.9 Å². The molecule has 0 radical (unpaired) electrons. The Morgan fingerprint density at radius 2 is 1.67 bits per heavy atom. The summed E-state index contributed by atoms with van der Waals surface area (Å²) in [4.78, 5) is 27.1. The summed E-state index contributed by atoms with van der Waals surface area (Å²) < 4.78 is 31.7. The Balaban J connectivity index is 1.67. The molecule has 1 heterocycles. The lowest BCUT2D eigenvalue weighted by Crippen LogP contribution is -2.39. The van der Waals surface area contributed by atoms with Gasteiger partial charge in [0.15, 0.2) is 0 Å². The molecule has 0 spiro atoms. The number of ether oxygens (including phenoxy) is 1. The molecule has 178 valence electrons. The van der Waals surface area contributed by atoms with Gasteiger partial charge >= 0.3 is 0 Å². The third kappa shape index (κ3) is 6.53. The summed E-state index contributed by atoms with van der Waals surface area (Å²) in [7, 11) is -0.798. The minimum absolute atomic E-state index is 0.0471. The van der Waals surface area contributed by atoms with Crippen LogP contribution in [0, 0.1) is 0 Å². The number of rotatable bonds is 9.